The molecular weight excluding hydrogens is 1010 g/mol. The predicted octanol–water partition coefficient (Wildman–Crippen LogP) is 24.5. The highest BCUT2D eigenvalue weighted by Crippen LogP contribution is 2.19. The second-order valence-electron chi connectivity index (χ2n) is 26.0. The Labute approximate surface area is 513 Å². The fourth-order valence-electron chi connectivity index (χ4n) is 12.0. The number of carbonyl (C=O) groups excluding carboxylic acids is 2. The maximum Gasteiger partial charge on any atom is 0.305 e. The van der Waals surface area contributed by atoms with E-state index in [2.05, 4.69) is 31.3 Å². The lowest BCUT2D eigenvalue weighted by Crippen LogP contribution is -2.45. The first-order chi connectivity index (χ1) is 40.5. The van der Waals surface area contributed by atoms with Crippen LogP contribution in [0.5, 0.6) is 0 Å². The van der Waals surface area contributed by atoms with E-state index < -0.39 is 12.1 Å². The van der Waals surface area contributed by atoms with E-state index in [9.17, 15) is 19.8 Å². The standard InChI is InChI=1S/C76H147NO5/c1-3-5-7-9-11-13-15-17-19-21-36-40-44-48-52-56-60-64-68-74(79)73(72-78)77-75(80)69-65-61-57-53-49-45-41-37-34-32-30-28-26-24-23-25-27-29-31-33-35-39-43-47-51-55-59-63-67-71-82-76(81)70-66-62-58-54-50-46-42-38-22-20-18-16-14-12-10-8-6-4-2/h20,22,64,68,73-74,78-79H,3-19,21,23-63,65-67,69-72H2,1-2H3,(H,77,80)/b22-20-,68-64+. The fraction of sp³-hybridized carbons (Fsp3) is 0.921. The van der Waals surface area contributed by atoms with E-state index in [1.807, 2.05) is 6.08 Å². The van der Waals surface area contributed by atoms with Crippen LogP contribution in [0.3, 0.4) is 0 Å². The van der Waals surface area contributed by atoms with Crippen molar-refractivity contribution in [2.45, 2.75) is 437 Å². The summed E-state index contributed by atoms with van der Waals surface area (Å²) >= 11 is 0. The van der Waals surface area contributed by atoms with E-state index >= 15 is 0 Å². The van der Waals surface area contributed by atoms with Crippen molar-refractivity contribution in [2.75, 3.05) is 13.2 Å². The van der Waals surface area contributed by atoms with Crippen molar-refractivity contribution in [1.29, 1.82) is 0 Å². The quantitative estimate of drug-likeness (QED) is 0.0320. The molecule has 0 aromatic rings. The molecule has 0 aromatic carbocycles. The van der Waals surface area contributed by atoms with Gasteiger partial charge in [0.25, 0.3) is 0 Å². The van der Waals surface area contributed by atoms with E-state index in [0.29, 0.717) is 19.4 Å². The number of allylic oxidation sites excluding steroid dienone is 3. The zero-order valence-corrected chi connectivity index (χ0v) is 55.8. The Balaban J connectivity index is 3.35. The van der Waals surface area contributed by atoms with E-state index in [1.54, 1.807) is 6.08 Å². The van der Waals surface area contributed by atoms with Gasteiger partial charge in [0, 0.05) is 12.8 Å². The third kappa shape index (κ3) is 67.5. The molecule has 0 fully saturated rings. The monoisotopic (exact) mass is 1150 g/mol. The van der Waals surface area contributed by atoms with Crippen LogP contribution in [0.2, 0.25) is 0 Å². The van der Waals surface area contributed by atoms with Crippen LogP contribution in [0.25, 0.3) is 0 Å². The lowest BCUT2D eigenvalue weighted by atomic mass is 10.0. The molecule has 0 spiro atoms. The molecule has 82 heavy (non-hydrogen) atoms. The van der Waals surface area contributed by atoms with Crippen molar-refractivity contribution in [3.8, 4) is 0 Å². The number of amides is 1. The molecule has 0 saturated carbocycles. The normalized spacial score (nSPS) is 12.6. The summed E-state index contributed by atoms with van der Waals surface area (Å²) in [6.07, 6.45) is 91.3. The minimum Gasteiger partial charge on any atom is -0.466 e. The molecule has 2 unspecified atom stereocenters. The van der Waals surface area contributed by atoms with Gasteiger partial charge in [0.2, 0.25) is 5.91 Å². The van der Waals surface area contributed by atoms with Crippen LogP contribution in [-0.4, -0.2) is 47.4 Å². The van der Waals surface area contributed by atoms with Crippen LogP contribution in [0.4, 0.5) is 0 Å². The molecule has 0 saturated heterocycles. The predicted molar refractivity (Wildman–Crippen MR) is 361 cm³/mol. The lowest BCUT2D eigenvalue weighted by Gasteiger charge is -2.20. The summed E-state index contributed by atoms with van der Waals surface area (Å²) in [5.74, 6) is -0.0435. The summed E-state index contributed by atoms with van der Waals surface area (Å²) in [5, 5.41) is 23.2. The summed E-state index contributed by atoms with van der Waals surface area (Å²) in [4.78, 5) is 24.6. The minimum atomic E-state index is -0.842. The van der Waals surface area contributed by atoms with Crippen molar-refractivity contribution >= 4 is 11.9 Å². The van der Waals surface area contributed by atoms with Crippen LogP contribution in [0.15, 0.2) is 24.3 Å². The zero-order chi connectivity index (χ0) is 59.2. The number of hydrogen-bond donors (Lipinski definition) is 3. The average molecular weight is 1160 g/mol. The second-order valence-corrected chi connectivity index (χ2v) is 26.0. The molecule has 0 aliphatic rings. The van der Waals surface area contributed by atoms with E-state index in [0.717, 1.165) is 44.9 Å². The summed E-state index contributed by atoms with van der Waals surface area (Å²) in [7, 11) is 0. The van der Waals surface area contributed by atoms with Crippen molar-refractivity contribution in [2.24, 2.45) is 0 Å². The molecule has 6 nitrogen and oxygen atoms in total. The Morgan fingerprint density at radius 3 is 0.866 bits per heavy atom. The Bertz CT molecular complexity index is 1280. The summed E-state index contributed by atoms with van der Waals surface area (Å²) in [5.41, 5.74) is 0. The van der Waals surface area contributed by atoms with Gasteiger partial charge in [-0.3, -0.25) is 9.59 Å². The third-order valence-corrected chi connectivity index (χ3v) is 17.7. The second kappa shape index (κ2) is 71.8. The molecule has 486 valence electrons. The molecule has 0 aromatic heterocycles. The molecule has 0 radical (unpaired) electrons. The number of rotatable bonds is 71. The van der Waals surface area contributed by atoms with Gasteiger partial charge in [-0.1, -0.05) is 378 Å². The van der Waals surface area contributed by atoms with Gasteiger partial charge in [0.05, 0.1) is 25.4 Å². The molecule has 1 amide bonds. The van der Waals surface area contributed by atoms with Crippen molar-refractivity contribution in [3.05, 3.63) is 24.3 Å². The van der Waals surface area contributed by atoms with Crippen LogP contribution in [0, 0.1) is 0 Å². The molecule has 2 atom stereocenters. The Morgan fingerprint density at radius 1 is 0.329 bits per heavy atom. The van der Waals surface area contributed by atoms with Gasteiger partial charge in [0.15, 0.2) is 0 Å². The van der Waals surface area contributed by atoms with Gasteiger partial charge in [0.1, 0.15) is 0 Å². The molecule has 6 heteroatoms. The van der Waals surface area contributed by atoms with E-state index in [-0.39, 0.29) is 18.5 Å². The largest absolute Gasteiger partial charge is 0.466 e. The number of esters is 1. The molecule has 0 heterocycles. The van der Waals surface area contributed by atoms with Gasteiger partial charge >= 0.3 is 5.97 Å². The SMILES string of the molecule is CCCCCCCCC/C=C\CCCCCCCCCC(=O)OCCCCCCCCCCCCCCCCCCCCCCCCCCCCCCCC(=O)NC(CO)C(O)/C=C/CCCCCCCCCCCCCCCCCC. The van der Waals surface area contributed by atoms with Crippen LogP contribution in [0.1, 0.15) is 425 Å². The topological polar surface area (TPSA) is 95.9 Å². The lowest BCUT2D eigenvalue weighted by molar-refractivity contribution is -0.143. The highest BCUT2D eigenvalue weighted by Gasteiger charge is 2.18. The van der Waals surface area contributed by atoms with Gasteiger partial charge in [-0.15, -0.1) is 0 Å². The average Bonchev–Trinajstić information content (AvgIpc) is 3.48. The minimum absolute atomic E-state index is 0.0172. The highest BCUT2D eigenvalue weighted by molar-refractivity contribution is 5.76. The van der Waals surface area contributed by atoms with Gasteiger partial charge in [-0.2, -0.15) is 0 Å². The summed E-state index contributed by atoms with van der Waals surface area (Å²) in [6, 6.07) is -0.625. The number of ether oxygens (including phenoxy) is 1. The molecule has 3 N–H and O–H groups in total. The van der Waals surface area contributed by atoms with Gasteiger partial charge in [-0.05, 0) is 57.8 Å². The molecule has 0 aliphatic carbocycles. The number of aliphatic hydroxyl groups excluding tert-OH is 2. The van der Waals surface area contributed by atoms with Crippen LogP contribution < -0.4 is 5.32 Å². The number of nitrogens with one attached hydrogen (secondary N) is 1. The number of unbranched alkanes of at least 4 members (excludes halogenated alkanes) is 58. The fourth-order valence-corrected chi connectivity index (χ4v) is 12.0. The van der Waals surface area contributed by atoms with E-state index in [4.69, 9.17) is 4.74 Å². The summed E-state index contributed by atoms with van der Waals surface area (Å²) < 4.78 is 5.51. The molecule has 0 rings (SSSR count). The van der Waals surface area contributed by atoms with Gasteiger partial charge < -0.3 is 20.3 Å². The molecule has 0 aliphatic heterocycles. The number of aliphatic hydroxyl groups is 2. The highest BCUT2D eigenvalue weighted by atomic mass is 16.5. The van der Waals surface area contributed by atoms with E-state index in [1.165, 1.54) is 353 Å². The third-order valence-electron chi connectivity index (χ3n) is 17.7. The molecular formula is C76H147NO5. The first kappa shape index (κ1) is 80.3. The van der Waals surface area contributed by atoms with Crippen molar-refractivity contribution in [3.63, 3.8) is 0 Å². The van der Waals surface area contributed by atoms with Crippen molar-refractivity contribution in [1.82, 2.24) is 5.32 Å². The number of carbonyl (C=O) groups is 2. The zero-order valence-electron chi connectivity index (χ0n) is 55.8. The first-order valence-corrected chi connectivity index (χ1v) is 37.6. The maximum absolute atomic E-state index is 12.5. The first-order valence-electron chi connectivity index (χ1n) is 37.6. The molecule has 0 bridgehead atoms. The Morgan fingerprint density at radius 2 is 0.573 bits per heavy atom. The Hall–Kier alpha value is -1.66. The number of hydrogen-bond acceptors (Lipinski definition) is 5. The van der Waals surface area contributed by atoms with Crippen molar-refractivity contribution < 1.29 is 24.5 Å². The van der Waals surface area contributed by atoms with Crippen LogP contribution >= 0.6 is 0 Å². The summed E-state index contributed by atoms with van der Waals surface area (Å²) in [6.45, 7) is 4.95. The van der Waals surface area contributed by atoms with Gasteiger partial charge in [-0.25, -0.2) is 0 Å². The Kier molecular flexibility index (Phi) is 70.4. The maximum atomic E-state index is 12.5. The smallest absolute Gasteiger partial charge is 0.305 e. The van der Waals surface area contributed by atoms with Crippen LogP contribution in [-0.2, 0) is 14.3 Å².